The fraction of sp³-hybridized carbons (Fsp3) is 1.00. The van der Waals surface area contributed by atoms with Crippen LogP contribution in [-0.4, -0.2) is 24.4 Å². The van der Waals surface area contributed by atoms with Gasteiger partial charge in [0.25, 0.3) is 0 Å². The molecule has 0 aromatic heterocycles. The Morgan fingerprint density at radius 1 is 0.844 bits per heavy atom. The fourth-order valence-corrected chi connectivity index (χ4v) is 9.88. The van der Waals surface area contributed by atoms with E-state index in [1.165, 1.54) is 70.6 Å². The van der Waals surface area contributed by atoms with Crippen molar-refractivity contribution in [3.05, 3.63) is 0 Å². The summed E-state index contributed by atoms with van der Waals surface area (Å²) < 4.78 is 5.25. The zero-order valence-electron chi connectivity index (χ0n) is 22.3. The molecule has 0 aromatic rings. The molecule has 4 aliphatic carbocycles. The molecule has 0 aliphatic heterocycles. The van der Waals surface area contributed by atoms with Crippen molar-refractivity contribution in [1.82, 2.24) is 0 Å². The molecule has 2 nitrogen and oxygen atoms in total. The highest BCUT2D eigenvalue weighted by molar-refractivity contribution is 5.10. The molecule has 8 unspecified atom stereocenters. The topological polar surface area (TPSA) is 29.5 Å². The normalized spacial score (nSPS) is 47.9. The number of aliphatic hydroxyl groups is 1. The third kappa shape index (κ3) is 4.58. The Bertz CT molecular complexity index is 628. The fourth-order valence-electron chi connectivity index (χ4n) is 9.88. The second-order valence-electron chi connectivity index (χ2n) is 13.9. The van der Waals surface area contributed by atoms with E-state index < -0.39 is 5.60 Å². The molecule has 0 amide bonds. The van der Waals surface area contributed by atoms with E-state index in [0.717, 1.165) is 60.9 Å². The first kappa shape index (κ1) is 25.0. The van der Waals surface area contributed by atoms with E-state index in [0.29, 0.717) is 10.8 Å². The van der Waals surface area contributed by atoms with E-state index in [1.807, 2.05) is 7.11 Å². The van der Waals surface area contributed by atoms with Gasteiger partial charge in [-0.05, 0) is 130 Å². The quantitative estimate of drug-likeness (QED) is 0.384. The zero-order valence-corrected chi connectivity index (χ0v) is 22.3. The standard InChI is InChI=1S/C30H54O2/c1-21(8-7-19-32-6)9-10-22(2)25-13-14-26-24-12-11-23-20-28(3,31)17-18-29(23,4)27(24)15-16-30(25,26)5/h21-27,31H,7-20H2,1-6H3/t21?,22-,23?,24?,25?,26?,27?,28+,29?,30?/m1/s1. The largest absolute Gasteiger partial charge is 0.390 e. The number of hydrogen-bond donors (Lipinski definition) is 1. The Balaban J connectivity index is 1.38. The smallest absolute Gasteiger partial charge is 0.0622 e. The number of hydrogen-bond acceptors (Lipinski definition) is 2. The van der Waals surface area contributed by atoms with Gasteiger partial charge in [0.1, 0.15) is 0 Å². The van der Waals surface area contributed by atoms with Gasteiger partial charge in [0.2, 0.25) is 0 Å². The molecular formula is C30H54O2. The summed E-state index contributed by atoms with van der Waals surface area (Å²) in [6, 6.07) is 0. The van der Waals surface area contributed by atoms with Gasteiger partial charge >= 0.3 is 0 Å². The predicted octanol–water partition coefficient (Wildman–Crippen LogP) is 7.88. The molecule has 0 saturated heterocycles. The Labute approximate surface area is 199 Å². The van der Waals surface area contributed by atoms with Crippen molar-refractivity contribution in [2.45, 2.75) is 124 Å². The van der Waals surface area contributed by atoms with E-state index in [2.05, 4.69) is 34.6 Å². The van der Waals surface area contributed by atoms with Crippen molar-refractivity contribution in [2.75, 3.05) is 13.7 Å². The van der Waals surface area contributed by atoms with Gasteiger partial charge in [0, 0.05) is 13.7 Å². The van der Waals surface area contributed by atoms with Crippen LogP contribution in [0.2, 0.25) is 0 Å². The maximum atomic E-state index is 10.8. The monoisotopic (exact) mass is 446 g/mol. The van der Waals surface area contributed by atoms with Crippen molar-refractivity contribution in [3.63, 3.8) is 0 Å². The van der Waals surface area contributed by atoms with Crippen LogP contribution in [0.25, 0.3) is 0 Å². The molecule has 0 radical (unpaired) electrons. The van der Waals surface area contributed by atoms with Crippen LogP contribution in [0.15, 0.2) is 0 Å². The highest BCUT2D eigenvalue weighted by atomic mass is 16.5. The first-order valence-corrected chi connectivity index (χ1v) is 14.3. The van der Waals surface area contributed by atoms with Gasteiger partial charge in [-0.3, -0.25) is 0 Å². The lowest BCUT2D eigenvalue weighted by Crippen LogP contribution is -2.55. The van der Waals surface area contributed by atoms with Crippen LogP contribution in [0.5, 0.6) is 0 Å². The van der Waals surface area contributed by atoms with E-state index >= 15 is 0 Å². The minimum Gasteiger partial charge on any atom is -0.390 e. The van der Waals surface area contributed by atoms with E-state index in [1.54, 1.807) is 0 Å². The molecule has 0 aromatic carbocycles. The number of rotatable bonds is 8. The van der Waals surface area contributed by atoms with Crippen LogP contribution in [0.3, 0.4) is 0 Å². The molecule has 4 rings (SSSR count). The third-order valence-electron chi connectivity index (χ3n) is 11.9. The Kier molecular flexibility index (Phi) is 7.45. The summed E-state index contributed by atoms with van der Waals surface area (Å²) in [5.41, 5.74) is 0.672. The highest BCUT2D eigenvalue weighted by Gasteiger charge is 2.61. The summed E-state index contributed by atoms with van der Waals surface area (Å²) in [6.45, 7) is 13.4. The predicted molar refractivity (Wildman–Crippen MR) is 135 cm³/mol. The molecule has 4 fully saturated rings. The van der Waals surface area contributed by atoms with Crippen LogP contribution in [0.1, 0.15) is 118 Å². The minimum atomic E-state index is -0.408. The molecule has 0 spiro atoms. The van der Waals surface area contributed by atoms with E-state index in [4.69, 9.17) is 4.74 Å². The van der Waals surface area contributed by atoms with Crippen molar-refractivity contribution in [3.8, 4) is 0 Å². The van der Waals surface area contributed by atoms with Crippen molar-refractivity contribution >= 4 is 0 Å². The molecular weight excluding hydrogens is 392 g/mol. The lowest BCUT2D eigenvalue weighted by molar-refractivity contribution is -0.148. The van der Waals surface area contributed by atoms with Gasteiger partial charge in [-0.1, -0.05) is 40.5 Å². The molecule has 0 heterocycles. The van der Waals surface area contributed by atoms with E-state index in [9.17, 15) is 5.11 Å². The Morgan fingerprint density at radius 3 is 2.34 bits per heavy atom. The molecule has 0 bridgehead atoms. The summed E-state index contributed by atoms with van der Waals surface area (Å²) >= 11 is 0. The lowest BCUT2D eigenvalue weighted by atomic mass is 9.43. The number of ether oxygens (including phenoxy) is 1. The molecule has 186 valence electrons. The van der Waals surface area contributed by atoms with Gasteiger partial charge < -0.3 is 9.84 Å². The summed E-state index contributed by atoms with van der Waals surface area (Å²) in [7, 11) is 1.82. The second kappa shape index (κ2) is 9.52. The zero-order chi connectivity index (χ0) is 23.1. The molecule has 32 heavy (non-hydrogen) atoms. The average molecular weight is 447 g/mol. The summed E-state index contributed by atoms with van der Waals surface area (Å²) in [5, 5.41) is 10.8. The summed E-state index contributed by atoms with van der Waals surface area (Å²) in [4.78, 5) is 0. The van der Waals surface area contributed by atoms with Crippen LogP contribution in [0, 0.1) is 52.3 Å². The van der Waals surface area contributed by atoms with Gasteiger partial charge in [0.15, 0.2) is 0 Å². The maximum Gasteiger partial charge on any atom is 0.0622 e. The van der Waals surface area contributed by atoms with Crippen molar-refractivity contribution < 1.29 is 9.84 Å². The van der Waals surface area contributed by atoms with Crippen molar-refractivity contribution in [1.29, 1.82) is 0 Å². The SMILES string of the molecule is COCCCC(C)CC[C@@H](C)C1CCC2C3CCC4C[C@@](C)(O)CCC4(C)C3CCC21C. The molecule has 10 atom stereocenters. The van der Waals surface area contributed by atoms with Crippen LogP contribution in [-0.2, 0) is 4.74 Å². The van der Waals surface area contributed by atoms with Crippen LogP contribution in [0.4, 0.5) is 0 Å². The third-order valence-corrected chi connectivity index (χ3v) is 11.9. The molecule has 1 N–H and O–H groups in total. The van der Waals surface area contributed by atoms with Crippen molar-refractivity contribution in [2.24, 2.45) is 52.3 Å². The summed E-state index contributed by atoms with van der Waals surface area (Å²) in [5.74, 6) is 6.27. The molecule has 2 heteroatoms. The number of methoxy groups -OCH3 is 1. The minimum absolute atomic E-state index is 0.408. The van der Waals surface area contributed by atoms with Gasteiger partial charge in [-0.15, -0.1) is 0 Å². The number of fused-ring (bicyclic) bond motifs is 5. The lowest BCUT2D eigenvalue weighted by Gasteiger charge is -2.62. The van der Waals surface area contributed by atoms with Gasteiger partial charge in [0.05, 0.1) is 5.60 Å². The first-order chi connectivity index (χ1) is 15.1. The van der Waals surface area contributed by atoms with Crippen LogP contribution < -0.4 is 0 Å². The summed E-state index contributed by atoms with van der Waals surface area (Å²) in [6.07, 6.45) is 17.4. The molecule has 4 aliphatic rings. The van der Waals surface area contributed by atoms with E-state index in [-0.39, 0.29) is 0 Å². The Morgan fingerprint density at radius 2 is 1.59 bits per heavy atom. The van der Waals surface area contributed by atoms with Gasteiger partial charge in [-0.2, -0.15) is 0 Å². The first-order valence-electron chi connectivity index (χ1n) is 14.3. The average Bonchev–Trinajstić information content (AvgIpc) is 3.10. The highest BCUT2D eigenvalue weighted by Crippen LogP contribution is 2.68. The van der Waals surface area contributed by atoms with Gasteiger partial charge in [-0.25, -0.2) is 0 Å². The Hall–Kier alpha value is -0.0800. The second-order valence-corrected chi connectivity index (χ2v) is 13.9. The maximum absolute atomic E-state index is 10.8. The van der Waals surface area contributed by atoms with Crippen LogP contribution >= 0.6 is 0 Å². The molecule has 4 saturated carbocycles.